The number of ether oxygens (including phenoxy) is 1. The third-order valence-electron chi connectivity index (χ3n) is 4.82. The van der Waals surface area contributed by atoms with Crippen LogP contribution in [0.2, 0.25) is 0 Å². The van der Waals surface area contributed by atoms with Gasteiger partial charge in [0.25, 0.3) is 0 Å². The van der Waals surface area contributed by atoms with Crippen LogP contribution in [-0.4, -0.2) is 36.9 Å². The van der Waals surface area contributed by atoms with Gasteiger partial charge in [-0.2, -0.15) is 0 Å². The summed E-state index contributed by atoms with van der Waals surface area (Å²) in [5.74, 6) is 0.655. The third kappa shape index (κ3) is 5.45. The number of carbonyl (C=O) groups is 2. The minimum Gasteiger partial charge on any atom is -0.497 e. The Balaban J connectivity index is 1.48. The molecular weight excluding hydrogens is 420 g/mol. The quantitative estimate of drug-likeness (QED) is 0.700. The molecule has 0 aliphatic carbocycles. The summed E-state index contributed by atoms with van der Waals surface area (Å²) in [6.45, 7) is 1.18. The van der Waals surface area contributed by atoms with Gasteiger partial charge in [-0.3, -0.25) is 9.59 Å². The van der Waals surface area contributed by atoms with E-state index in [0.29, 0.717) is 25.9 Å². The second-order valence-electron chi connectivity index (χ2n) is 6.70. The molecule has 1 heterocycles. The van der Waals surface area contributed by atoms with Crippen LogP contribution >= 0.6 is 15.9 Å². The molecule has 0 unspecified atom stereocenters. The summed E-state index contributed by atoms with van der Waals surface area (Å²) in [6.07, 6.45) is 4.75. The van der Waals surface area contributed by atoms with E-state index in [1.54, 1.807) is 18.1 Å². The predicted octanol–water partition coefficient (Wildman–Crippen LogP) is 4.35. The highest BCUT2D eigenvalue weighted by atomic mass is 79.9. The predicted molar refractivity (Wildman–Crippen MR) is 114 cm³/mol. The van der Waals surface area contributed by atoms with Crippen molar-refractivity contribution < 1.29 is 14.3 Å². The van der Waals surface area contributed by atoms with E-state index in [1.165, 1.54) is 0 Å². The lowest BCUT2D eigenvalue weighted by Crippen LogP contribution is -2.40. The Hall–Kier alpha value is -2.60. The van der Waals surface area contributed by atoms with Crippen molar-refractivity contribution >= 4 is 39.5 Å². The largest absolute Gasteiger partial charge is 0.497 e. The molecule has 1 aliphatic heterocycles. The van der Waals surface area contributed by atoms with Crippen molar-refractivity contribution in [3.05, 3.63) is 64.6 Å². The highest BCUT2D eigenvalue weighted by Crippen LogP contribution is 2.21. The number of piperidine rings is 1. The number of hydrogen-bond acceptors (Lipinski definition) is 3. The van der Waals surface area contributed by atoms with E-state index in [-0.39, 0.29) is 17.7 Å². The van der Waals surface area contributed by atoms with Gasteiger partial charge in [0.15, 0.2) is 0 Å². The Labute approximate surface area is 173 Å². The molecule has 146 valence electrons. The maximum atomic E-state index is 12.5. The highest BCUT2D eigenvalue weighted by molar-refractivity contribution is 9.10. The van der Waals surface area contributed by atoms with Crippen LogP contribution in [0.4, 0.5) is 5.69 Å². The first kappa shape index (κ1) is 20.1. The fourth-order valence-electron chi connectivity index (χ4n) is 3.13. The lowest BCUT2D eigenvalue weighted by Gasteiger charge is -2.30. The van der Waals surface area contributed by atoms with Gasteiger partial charge in [-0.05, 0) is 60.9 Å². The molecule has 5 nitrogen and oxygen atoms in total. The number of likely N-dealkylation sites (tertiary alicyclic amines) is 1. The molecule has 2 aromatic rings. The summed E-state index contributed by atoms with van der Waals surface area (Å²) < 4.78 is 6.13. The molecular formula is C22H23BrN2O3. The normalized spacial score (nSPS) is 14.9. The molecule has 1 aliphatic rings. The van der Waals surface area contributed by atoms with Gasteiger partial charge in [-0.1, -0.05) is 28.1 Å². The van der Waals surface area contributed by atoms with Crippen LogP contribution in [0.25, 0.3) is 6.08 Å². The second-order valence-corrected chi connectivity index (χ2v) is 7.62. The second kappa shape index (κ2) is 9.55. The minimum absolute atomic E-state index is 0.00247. The zero-order valence-electron chi connectivity index (χ0n) is 15.7. The Kier molecular flexibility index (Phi) is 6.87. The molecule has 1 saturated heterocycles. The topological polar surface area (TPSA) is 58.6 Å². The van der Waals surface area contributed by atoms with Crippen LogP contribution < -0.4 is 10.1 Å². The molecule has 0 atom stereocenters. The van der Waals surface area contributed by atoms with Gasteiger partial charge in [0.05, 0.1) is 7.11 Å². The van der Waals surface area contributed by atoms with Gasteiger partial charge in [0, 0.05) is 35.2 Å². The van der Waals surface area contributed by atoms with E-state index in [9.17, 15) is 9.59 Å². The molecule has 0 spiro atoms. The number of nitrogens with zero attached hydrogens (tertiary/aromatic N) is 1. The molecule has 2 aromatic carbocycles. The summed E-state index contributed by atoms with van der Waals surface area (Å²) in [4.78, 5) is 26.7. The van der Waals surface area contributed by atoms with Gasteiger partial charge in [-0.15, -0.1) is 0 Å². The average Bonchev–Trinajstić information content (AvgIpc) is 2.73. The Morgan fingerprint density at radius 1 is 1.07 bits per heavy atom. The van der Waals surface area contributed by atoms with Crippen LogP contribution in [0, 0.1) is 5.92 Å². The molecule has 0 bridgehead atoms. The lowest BCUT2D eigenvalue weighted by atomic mass is 9.95. The summed E-state index contributed by atoms with van der Waals surface area (Å²) in [5, 5.41) is 2.94. The van der Waals surface area contributed by atoms with Gasteiger partial charge in [0.1, 0.15) is 5.75 Å². The van der Waals surface area contributed by atoms with Gasteiger partial charge in [0.2, 0.25) is 11.8 Å². The fraction of sp³-hybridized carbons (Fsp3) is 0.273. The number of benzene rings is 2. The van der Waals surface area contributed by atoms with Crippen molar-refractivity contribution in [1.82, 2.24) is 4.90 Å². The Morgan fingerprint density at radius 2 is 1.71 bits per heavy atom. The molecule has 0 saturated carbocycles. The standard InChI is InChI=1S/C22H23BrN2O3/c1-28-20-9-7-19(8-10-20)24-22(27)17-12-14-25(15-13-17)21(26)11-4-16-2-5-18(23)6-3-16/h2-11,17H,12-15H2,1H3,(H,24,27). The van der Waals surface area contributed by atoms with E-state index in [2.05, 4.69) is 21.2 Å². The molecule has 1 fully saturated rings. The molecule has 6 heteroatoms. The van der Waals surface area contributed by atoms with Gasteiger partial charge in [-0.25, -0.2) is 0 Å². The lowest BCUT2D eigenvalue weighted by molar-refractivity contribution is -0.130. The fourth-order valence-corrected chi connectivity index (χ4v) is 3.39. The number of halogens is 1. The minimum atomic E-state index is -0.0818. The van der Waals surface area contributed by atoms with Crippen LogP contribution in [0.3, 0.4) is 0 Å². The number of carbonyl (C=O) groups excluding carboxylic acids is 2. The maximum absolute atomic E-state index is 12.5. The molecule has 2 amide bonds. The van der Waals surface area contributed by atoms with Crippen molar-refractivity contribution in [3.8, 4) is 5.75 Å². The maximum Gasteiger partial charge on any atom is 0.246 e. The third-order valence-corrected chi connectivity index (χ3v) is 5.35. The highest BCUT2D eigenvalue weighted by Gasteiger charge is 2.26. The zero-order chi connectivity index (χ0) is 19.9. The first-order chi connectivity index (χ1) is 13.5. The Bertz CT molecular complexity index is 839. The monoisotopic (exact) mass is 442 g/mol. The van der Waals surface area contributed by atoms with E-state index in [1.807, 2.05) is 54.6 Å². The number of rotatable bonds is 5. The number of anilines is 1. The van der Waals surface area contributed by atoms with Crippen LogP contribution in [0.15, 0.2) is 59.1 Å². The van der Waals surface area contributed by atoms with Crippen LogP contribution in [0.1, 0.15) is 18.4 Å². The van der Waals surface area contributed by atoms with E-state index in [4.69, 9.17) is 4.74 Å². The molecule has 0 aromatic heterocycles. The van der Waals surface area contributed by atoms with Crippen LogP contribution in [0.5, 0.6) is 5.75 Å². The smallest absolute Gasteiger partial charge is 0.246 e. The van der Waals surface area contributed by atoms with E-state index in [0.717, 1.165) is 21.5 Å². The molecule has 0 radical (unpaired) electrons. The van der Waals surface area contributed by atoms with Gasteiger partial charge >= 0.3 is 0 Å². The van der Waals surface area contributed by atoms with Crippen molar-refractivity contribution in [1.29, 1.82) is 0 Å². The zero-order valence-corrected chi connectivity index (χ0v) is 17.3. The van der Waals surface area contributed by atoms with Gasteiger partial charge < -0.3 is 15.0 Å². The van der Waals surface area contributed by atoms with E-state index >= 15 is 0 Å². The molecule has 1 N–H and O–H groups in total. The molecule has 3 rings (SSSR count). The van der Waals surface area contributed by atoms with Crippen LogP contribution in [-0.2, 0) is 9.59 Å². The first-order valence-corrected chi connectivity index (χ1v) is 10.0. The number of methoxy groups -OCH3 is 1. The van der Waals surface area contributed by atoms with Crippen molar-refractivity contribution in [3.63, 3.8) is 0 Å². The average molecular weight is 443 g/mol. The van der Waals surface area contributed by atoms with Crippen molar-refractivity contribution in [2.45, 2.75) is 12.8 Å². The summed E-state index contributed by atoms with van der Waals surface area (Å²) in [7, 11) is 1.61. The van der Waals surface area contributed by atoms with Crippen molar-refractivity contribution in [2.75, 3.05) is 25.5 Å². The first-order valence-electron chi connectivity index (χ1n) is 9.22. The Morgan fingerprint density at radius 3 is 2.32 bits per heavy atom. The number of nitrogens with one attached hydrogen (secondary N) is 1. The summed E-state index contributed by atoms with van der Waals surface area (Å²) in [6, 6.07) is 15.1. The number of amides is 2. The number of hydrogen-bond donors (Lipinski definition) is 1. The summed E-state index contributed by atoms with van der Waals surface area (Å²) in [5.41, 5.74) is 1.73. The molecule has 28 heavy (non-hydrogen) atoms. The van der Waals surface area contributed by atoms with Crippen molar-refractivity contribution in [2.24, 2.45) is 5.92 Å². The SMILES string of the molecule is COc1ccc(NC(=O)C2CCN(C(=O)C=Cc3ccc(Br)cc3)CC2)cc1. The van der Waals surface area contributed by atoms with E-state index < -0.39 is 0 Å². The summed E-state index contributed by atoms with van der Waals surface area (Å²) >= 11 is 3.39.